The summed E-state index contributed by atoms with van der Waals surface area (Å²) in [5.74, 6) is -0.216. The highest BCUT2D eigenvalue weighted by Crippen LogP contribution is 2.29. The summed E-state index contributed by atoms with van der Waals surface area (Å²) in [4.78, 5) is 13.3. The highest BCUT2D eigenvalue weighted by molar-refractivity contribution is 5.97. The third-order valence-electron chi connectivity index (χ3n) is 7.17. The molecule has 2 unspecified atom stereocenters. The molecule has 0 radical (unpaired) electrons. The van der Waals surface area contributed by atoms with E-state index in [0.29, 0.717) is 5.56 Å². The Balaban J connectivity index is 1.68. The normalized spacial score (nSPS) is 12.8. The molecule has 37 heavy (non-hydrogen) atoms. The van der Waals surface area contributed by atoms with Crippen LogP contribution in [-0.4, -0.2) is 19.2 Å². The van der Waals surface area contributed by atoms with Crippen LogP contribution in [0.3, 0.4) is 0 Å². The van der Waals surface area contributed by atoms with Crippen LogP contribution >= 0.6 is 0 Å². The molecule has 0 spiro atoms. The zero-order valence-corrected chi connectivity index (χ0v) is 23.2. The molecular formula is C34H44O3. The van der Waals surface area contributed by atoms with Crippen LogP contribution in [0.1, 0.15) is 101 Å². The van der Waals surface area contributed by atoms with Crippen LogP contribution in [-0.2, 0) is 9.47 Å². The molecule has 0 aliphatic rings. The number of carbonyl (C=O) groups is 1. The minimum Gasteiger partial charge on any atom is -0.459 e. The molecule has 0 aliphatic carbocycles. The third kappa shape index (κ3) is 8.57. The van der Waals surface area contributed by atoms with E-state index in [1.54, 1.807) is 7.11 Å². The van der Waals surface area contributed by atoms with Gasteiger partial charge in [-0.05, 0) is 60.1 Å². The van der Waals surface area contributed by atoms with E-state index in [0.717, 1.165) is 53.5 Å². The Kier molecular flexibility index (Phi) is 11.9. The fraction of sp³-hybridized carbons (Fsp3) is 0.441. The number of esters is 1. The van der Waals surface area contributed by atoms with Gasteiger partial charge in [-0.3, -0.25) is 0 Å². The first-order valence-electron chi connectivity index (χ1n) is 14.1. The number of unbranched alkanes of at least 4 members (excludes halogenated alkanes) is 5. The Morgan fingerprint density at radius 3 is 1.95 bits per heavy atom. The minimum absolute atomic E-state index is 0.0112. The second-order valence-corrected chi connectivity index (χ2v) is 10.00. The zero-order chi connectivity index (χ0) is 26.5. The smallest absolute Gasteiger partial charge is 0.339 e. The molecule has 0 N–H and O–H groups in total. The molecular weight excluding hydrogens is 456 g/mol. The van der Waals surface area contributed by atoms with Crippen molar-refractivity contribution < 1.29 is 14.3 Å². The third-order valence-corrected chi connectivity index (χ3v) is 7.17. The molecule has 0 aliphatic heterocycles. The van der Waals surface area contributed by atoms with Crippen molar-refractivity contribution in [2.75, 3.05) is 7.11 Å². The average molecular weight is 501 g/mol. The fourth-order valence-electron chi connectivity index (χ4n) is 4.79. The molecule has 3 aromatic rings. The van der Waals surface area contributed by atoms with Crippen molar-refractivity contribution in [2.45, 2.75) is 90.8 Å². The monoisotopic (exact) mass is 500 g/mol. The molecule has 0 saturated carbocycles. The lowest BCUT2D eigenvalue weighted by atomic mass is 9.96. The number of benzene rings is 3. The first kappa shape index (κ1) is 28.7. The van der Waals surface area contributed by atoms with Crippen LogP contribution < -0.4 is 0 Å². The van der Waals surface area contributed by atoms with Gasteiger partial charge in [0.15, 0.2) is 0 Å². The molecule has 198 valence electrons. The molecule has 3 aromatic carbocycles. The number of hydrogen-bond donors (Lipinski definition) is 0. The van der Waals surface area contributed by atoms with Gasteiger partial charge >= 0.3 is 5.97 Å². The van der Waals surface area contributed by atoms with Crippen LogP contribution in [0.25, 0.3) is 22.3 Å². The molecule has 0 fully saturated rings. The van der Waals surface area contributed by atoms with Gasteiger partial charge in [-0.2, -0.15) is 0 Å². The molecule has 3 rings (SSSR count). The maximum absolute atomic E-state index is 13.3. The predicted octanol–water partition coefficient (Wildman–Crippen LogP) is 9.80. The topological polar surface area (TPSA) is 35.5 Å². The van der Waals surface area contributed by atoms with Gasteiger partial charge in [0.25, 0.3) is 0 Å². The Hall–Kier alpha value is -2.91. The maximum atomic E-state index is 13.3. The lowest BCUT2D eigenvalue weighted by molar-refractivity contribution is 0.0254. The van der Waals surface area contributed by atoms with Gasteiger partial charge in [0, 0.05) is 7.11 Å². The average Bonchev–Trinajstić information content (AvgIpc) is 2.94. The summed E-state index contributed by atoms with van der Waals surface area (Å²) in [5, 5.41) is 0. The van der Waals surface area contributed by atoms with Crippen LogP contribution in [0.5, 0.6) is 0 Å². The summed E-state index contributed by atoms with van der Waals surface area (Å²) in [7, 11) is 1.73. The van der Waals surface area contributed by atoms with Crippen LogP contribution in [0, 0.1) is 0 Å². The summed E-state index contributed by atoms with van der Waals surface area (Å²) in [6.07, 6.45) is 10.4. The number of ether oxygens (including phenoxy) is 2. The van der Waals surface area contributed by atoms with Gasteiger partial charge in [0.2, 0.25) is 0 Å². The van der Waals surface area contributed by atoms with E-state index in [1.165, 1.54) is 32.1 Å². The van der Waals surface area contributed by atoms with E-state index < -0.39 is 0 Å². The van der Waals surface area contributed by atoms with Gasteiger partial charge in [-0.15, -0.1) is 0 Å². The van der Waals surface area contributed by atoms with Crippen LogP contribution in [0.2, 0.25) is 0 Å². The number of rotatable bonds is 15. The summed E-state index contributed by atoms with van der Waals surface area (Å²) in [6, 6.07) is 24.7. The lowest BCUT2D eigenvalue weighted by Crippen LogP contribution is -2.19. The van der Waals surface area contributed by atoms with E-state index in [1.807, 2.05) is 31.2 Å². The lowest BCUT2D eigenvalue weighted by Gasteiger charge is -2.19. The molecule has 0 amide bonds. The Morgan fingerprint density at radius 2 is 1.30 bits per heavy atom. The van der Waals surface area contributed by atoms with Crippen molar-refractivity contribution in [3.8, 4) is 22.3 Å². The standard InChI is InChI=1S/C34H44O3/c1-5-7-8-9-10-11-15-31(14-6-2)37-34(35)33-17-13-12-16-32(33)30-24-22-29(23-25-30)28-20-18-27(19-21-28)26(3)36-4/h12-13,16-26,31H,5-11,14-15H2,1-4H3. The minimum atomic E-state index is -0.216. The Morgan fingerprint density at radius 1 is 0.703 bits per heavy atom. The van der Waals surface area contributed by atoms with Crippen molar-refractivity contribution in [3.05, 3.63) is 83.9 Å². The largest absolute Gasteiger partial charge is 0.459 e. The first-order chi connectivity index (χ1) is 18.1. The molecule has 0 heterocycles. The van der Waals surface area contributed by atoms with Gasteiger partial charge in [-0.1, -0.05) is 119 Å². The first-order valence-corrected chi connectivity index (χ1v) is 14.1. The number of hydrogen-bond acceptors (Lipinski definition) is 3. The van der Waals surface area contributed by atoms with Crippen molar-refractivity contribution in [1.29, 1.82) is 0 Å². The van der Waals surface area contributed by atoms with Crippen molar-refractivity contribution in [2.24, 2.45) is 0 Å². The van der Waals surface area contributed by atoms with E-state index in [4.69, 9.17) is 9.47 Å². The van der Waals surface area contributed by atoms with Gasteiger partial charge in [-0.25, -0.2) is 4.79 Å². The van der Waals surface area contributed by atoms with Crippen LogP contribution in [0.4, 0.5) is 0 Å². The van der Waals surface area contributed by atoms with Gasteiger partial charge in [0.1, 0.15) is 6.10 Å². The highest BCUT2D eigenvalue weighted by Gasteiger charge is 2.19. The number of methoxy groups -OCH3 is 1. The van der Waals surface area contributed by atoms with Gasteiger partial charge < -0.3 is 9.47 Å². The number of carbonyl (C=O) groups excluding carboxylic acids is 1. The molecule has 0 bridgehead atoms. The zero-order valence-electron chi connectivity index (χ0n) is 23.2. The van der Waals surface area contributed by atoms with Crippen LogP contribution in [0.15, 0.2) is 72.8 Å². The van der Waals surface area contributed by atoms with Crippen molar-refractivity contribution >= 4 is 5.97 Å². The van der Waals surface area contributed by atoms with Gasteiger partial charge in [0.05, 0.1) is 11.7 Å². The summed E-state index contributed by atoms with van der Waals surface area (Å²) in [6.45, 7) is 6.44. The summed E-state index contributed by atoms with van der Waals surface area (Å²) in [5.41, 5.74) is 6.03. The second-order valence-electron chi connectivity index (χ2n) is 10.00. The van der Waals surface area contributed by atoms with E-state index in [2.05, 4.69) is 62.4 Å². The summed E-state index contributed by atoms with van der Waals surface area (Å²) < 4.78 is 11.5. The van der Waals surface area contributed by atoms with E-state index in [9.17, 15) is 4.79 Å². The van der Waals surface area contributed by atoms with Crippen molar-refractivity contribution in [3.63, 3.8) is 0 Å². The highest BCUT2D eigenvalue weighted by atomic mass is 16.5. The molecule has 3 nitrogen and oxygen atoms in total. The quantitative estimate of drug-likeness (QED) is 0.154. The molecule has 2 atom stereocenters. The van der Waals surface area contributed by atoms with Crippen molar-refractivity contribution in [1.82, 2.24) is 0 Å². The second kappa shape index (κ2) is 15.4. The summed E-state index contributed by atoms with van der Waals surface area (Å²) >= 11 is 0. The van der Waals surface area contributed by atoms with E-state index >= 15 is 0 Å². The SMILES string of the molecule is CCCCCCCCC(CCC)OC(=O)c1ccccc1-c1ccc(-c2ccc(C(C)OC)cc2)cc1. The molecule has 0 saturated heterocycles. The fourth-order valence-corrected chi connectivity index (χ4v) is 4.79. The van der Waals surface area contributed by atoms with E-state index in [-0.39, 0.29) is 18.2 Å². The Labute approximate surface area is 224 Å². The molecule has 0 aromatic heterocycles. The predicted molar refractivity (Wildman–Crippen MR) is 155 cm³/mol. The Bertz CT molecular complexity index is 1070. The maximum Gasteiger partial charge on any atom is 0.339 e. The molecule has 3 heteroatoms.